The molecule has 0 aromatic heterocycles. The summed E-state index contributed by atoms with van der Waals surface area (Å²) >= 11 is 0. The number of aliphatic carboxylic acids is 1. The molecule has 0 aliphatic heterocycles. The van der Waals surface area contributed by atoms with Crippen LogP contribution in [0.5, 0.6) is 0 Å². The molecule has 31 heavy (non-hydrogen) atoms. The molecule has 0 bridgehead atoms. The minimum atomic E-state index is -0.938. The molecule has 5 rings (SSSR count). The van der Waals surface area contributed by atoms with Gasteiger partial charge >= 0.3 is 57.4 Å². The van der Waals surface area contributed by atoms with Gasteiger partial charge in [-0.2, -0.15) is 0 Å². The molecular formula is C25H35KO5. The third kappa shape index (κ3) is 3.29. The zero-order chi connectivity index (χ0) is 21.6. The first-order valence-electron chi connectivity index (χ1n) is 11.7. The SMILES string of the molecule is CC(=O)[C@@H]1CC2=CC(=O)CC[C@]2(C)[C@H]2CC[C@@]3(C)[C@@H]([C@@H]4C[C@@H]4[C@@]3(O)CCC(=O)O)[C@H]12.[KH]. The Labute approximate surface area is 227 Å². The number of carbonyl (C=O) groups is 3. The number of rotatable bonds is 4. The van der Waals surface area contributed by atoms with Crippen LogP contribution in [0.2, 0.25) is 0 Å². The van der Waals surface area contributed by atoms with Gasteiger partial charge in [0.1, 0.15) is 5.78 Å². The van der Waals surface area contributed by atoms with E-state index in [0.717, 1.165) is 25.7 Å². The Kier molecular flexibility index (Phi) is 6.14. The first kappa shape index (κ1) is 24.3. The summed E-state index contributed by atoms with van der Waals surface area (Å²) in [5, 5.41) is 21.1. The van der Waals surface area contributed by atoms with Crippen LogP contribution >= 0.6 is 0 Å². The summed E-state index contributed by atoms with van der Waals surface area (Å²) in [4.78, 5) is 36.3. The third-order valence-corrected chi connectivity index (χ3v) is 10.4. The van der Waals surface area contributed by atoms with Crippen molar-refractivity contribution in [1.82, 2.24) is 0 Å². The van der Waals surface area contributed by atoms with Crippen molar-refractivity contribution in [2.75, 3.05) is 0 Å². The quantitative estimate of drug-likeness (QED) is 0.637. The van der Waals surface area contributed by atoms with E-state index in [1.54, 1.807) is 6.92 Å². The molecule has 166 valence electrons. The maximum absolute atomic E-state index is 12.9. The maximum atomic E-state index is 12.9. The van der Waals surface area contributed by atoms with Crippen LogP contribution < -0.4 is 0 Å². The van der Waals surface area contributed by atoms with Gasteiger partial charge in [-0.3, -0.25) is 14.4 Å². The van der Waals surface area contributed by atoms with E-state index >= 15 is 0 Å². The number of carboxylic acids is 1. The molecular weight excluding hydrogens is 419 g/mol. The van der Waals surface area contributed by atoms with Crippen LogP contribution in [0, 0.1) is 46.3 Å². The first-order valence-corrected chi connectivity index (χ1v) is 11.7. The number of hydrogen-bond donors (Lipinski definition) is 2. The van der Waals surface area contributed by atoms with Crippen molar-refractivity contribution in [2.45, 2.75) is 77.7 Å². The Balaban J connectivity index is 0.00000231. The van der Waals surface area contributed by atoms with Crippen LogP contribution in [0.25, 0.3) is 0 Å². The van der Waals surface area contributed by atoms with E-state index in [4.69, 9.17) is 0 Å². The number of aliphatic hydroxyl groups is 1. The van der Waals surface area contributed by atoms with Crippen molar-refractivity contribution in [3.05, 3.63) is 11.6 Å². The van der Waals surface area contributed by atoms with Gasteiger partial charge in [0.2, 0.25) is 0 Å². The zero-order valence-corrected chi connectivity index (χ0v) is 18.3. The second-order valence-electron chi connectivity index (χ2n) is 11.5. The van der Waals surface area contributed by atoms with Crippen LogP contribution in [0.15, 0.2) is 11.6 Å². The molecule has 0 aromatic rings. The molecule has 0 heterocycles. The number of ketones is 2. The van der Waals surface area contributed by atoms with E-state index in [-0.39, 0.29) is 104 Å². The van der Waals surface area contributed by atoms with Gasteiger partial charge in [0.05, 0.1) is 5.60 Å². The molecule has 0 amide bonds. The van der Waals surface area contributed by atoms with Gasteiger partial charge in [-0.25, -0.2) is 0 Å². The van der Waals surface area contributed by atoms with Gasteiger partial charge in [-0.1, -0.05) is 19.4 Å². The monoisotopic (exact) mass is 454 g/mol. The molecule has 6 heteroatoms. The fraction of sp³-hybridized carbons (Fsp3) is 0.800. The molecule has 0 radical (unpaired) electrons. The van der Waals surface area contributed by atoms with Crippen molar-refractivity contribution in [1.29, 1.82) is 0 Å². The summed E-state index contributed by atoms with van der Waals surface area (Å²) in [6, 6.07) is 0. The summed E-state index contributed by atoms with van der Waals surface area (Å²) in [5.74, 6) is 0.890. The fourth-order valence-corrected chi connectivity index (χ4v) is 8.86. The van der Waals surface area contributed by atoms with Crippen LogP contribution in [-0.4, -0.2) is 84.7 Å². The average molecular weight is 455 g/mol. The number of carboxylic acid groups (broad SMARTS) is 1. The van der Waals surface area contributed by atoms with Gasteiger partial charge in [0.25, 0.3) is 0 Å². The Hall–Kier alpha value is 0.146. The summed E-state index contributed by atoms with van der Waals surface area (Å²) in [5.41, 5.74) is -0.118. The van der Waals surface area contributed by atoms with Crippen molar-refractivity contribution in [2.24, 2.45) is 46.3 Å². The minimum absolute atomic E-state index is 0. The van der Waals surface area contributed by atoms with E-state index < -0.39 is 11.6 Å². The molecule has 0 unspecified atom stereocenters. The van der Waals surface area contributed by atoms with Crippen LogP contribution in [0.3, 0.4) is 0 Å². The van der Waals surface area contributed by atoms with Gasteiger partial charge < -0.3 is 10.2 Å². The van der Waals surface area contributed by atoms with Crippen LogP contribution in [-0.2, 0) is 14.4 Å². The normalized spacial score (nSPS) is 49.5. The topological polar surface area (TPSA) is 91.7 Å². The van der Waals surface area contributed by atoms with E-state index in [9.17, 15) is 24.6 Å². The van der Waals surface area contributed by atoms with E-state index in [0.29, 0.717) is 31.1 Å². The molecule has 9 atom stereocenters. The van der Waals surface area contributed by atoms with E-state index in [2.05, 4.69) is 13.8 Å². The molecule has 2 N–H and O–H groups in total. The Morgan fingerprint density at radius 3 is 2.55 bits per heavy atom. The zero-order valence-electron chi connectivity index (χ0n) is 18.3. The number of Topliss-reactive ketones (excluding diaryl/α,β-unsaturated/α-hetero) is 1. The molecule has 0 spiro atoms. The predicted octanol–water partition coefficient (Wildman–Crippen LogP) is 3.14. The van der Waals surface area contributed by atoms with Gasteiger partial charge in [-0.05, 0) is 86.5 Å². The van der Waals surface area contributed by atoms with E-state index in [1.807, 2.05) is 6.08 Å². The van der Waals surface area contributed by atoms with Gasteiger partial charge in [-0.15, -0.1) is 0 Å². The second kappa shape index (κ2) is 7.84. The number of hydrogen-bond acceptors (Lipinski definition) is 4. The number of allylic oxidation sites excluding steroid dienone is 1. The summed E-state index contributed by atoms with van der Waals surface area (Å²) in [7, 11) is 0. The first-order chi connectivity index (χ1) is 14.0. The molecule has 5 aliphatic carbocycles. The Morgan fingerprint density at radius 2 is 1.90 bits per heavy atom. The van der Waals surface area contributed by atoms with Crippen molar-refractivity contribution in [3.63, 3.8) is 0 Å². The molecule has 4 fully saturated rings. The fourth-order valence-electron chi connectivity index (χ4n) is 8.86. The Bertz CT molecular complexity index is 866. The molecule has 0 aromatic carbocycles. The summed E-state index contributed by atoms with van der Waals surface area (Å²) in [6.45, 7) is 6.17. The van der Waals surface area contributed by atoms with E-state index in [1.165, 1.54) is 5.57 Å². The number of fused-ring (bicyclic) bond motifs is 7. The predicted molar refractivity (Wildman–Crippen MR) is 118 cm³/mol. The third-order valence-electron chi connectivity index (χ3n) is 10.4. The van der Waals surface area contributed by atoms with Gasteiger partial charge in [0.15, 0.2) is 5.78 Å². The molecule has 0 saturated heterocycles. The number of carbonyl (C=O) groups excluding carboxylic acids is 2. The second-order valence-corrected chi connectivity index (χ2v) is 11.5. The standard InChI is InChI=1S/C25H34O5.K.H/c1-13(26)16-11-14-10-15(27)4-7-23(14,2)18-5-8-24(3)22(21(16)18)17-12-19(17)25(24,30)9-6-20(28)29;;/h10,16-19,21-22,30H,4-9,11-12H2,1-3H3,(H,28,29);;/t16-,17+,18-,19-,21+,22-,23-,24-,25-;;/m0../s1. The van der Waals surface area contributed by atoms with Crippen molar-refractivity contribution >= 4 is 68.9 Å². The summed E-state index contributed by atoms with van der Waals surface area (Å²) < 4.78 is 0. The average Bonchev–Trinajstić information content (AvgIpc) is 3.43. The Morgan fingerprint density at radius 1 is 1.19 bits per heavy atom. The van der Waals surface area contributed by atoms with Gasteiger partial charge in [0, 0.05) is 24.2 Å². The molecule has 4 saturated carbocycles. The van der Waals surface area contributed by atoms with Crippen LogP contribution in [0.1, 0.15) is 72.1 Å². The molecule has 5 aliphatic rings. The van der Waals surface area contributed by atoms with Crippen LogP contribution in [0.4, 0.5) is 0 Å². The summed E-state index contributed by atoms with van der Waals surface area (Å²) in [6.07, 6.45) is 7.06. The van der Waals surface area contributed by atoms with Crippen molar-refractivity contribution in [3.8, 4) is 0 Å². The van der Waals surface area contributed by atoms with Crippen molar-refractivity contribution < 1.29 is 24.6 Å². The molecule has 5 nitrogen and oxygen atoms in total.